The molecule has 3 aromatic rings. The third kappa shape index (κ3) is 4.24. The summed E-state index contributed by atoms with van der Waals surface area (Å²) in [5.74, 6) is 1.52. The number of benzene rings is 1. The Balaban J connectivity index is 1.39. The zero-order valence-corrected chi connectivity index (χ0v) is 19.8. The van der Waals surface area contributed by atoms with Crippen LogP contribution in [0.5, 0.6) is 0 Å². The number of ketones is 1. The molecule has 7 nitrogen and oxygen atoms in total. The molecule has 33 heavy (non-hydrogen) atoms. The molecule has 2 aromatic heterocycles. The first-order valence-corrected chi connectivity index (χ1v) is 12.5. The Hall–Kier alpha value is -2.87. The van der Waals surface area contributed by atoms with E-state index in [2.05, 4.69) is 14.8 Å². The van der Waals surface area contributed by atoms with Crippen LogP contribution < -0.4 is 4.90 Å². The van der Waals surface area contributed by atoms with Gasteiger partial charge in [0.15, 0.2) is 16.7 Å². The van der Waals surface area contributed by atoms with Crippen molar-refractivity contribution in [3.8, 4) is 11.6 Å². The van der Waals surface area contributed by atoms with Crippen molar-refractivity contribution in [1.82, 2.24) is 14.8 Å². The first-order chi connectivity index (χ1) is 16.0. The molecule has 2 aliphatic rings. The predicted molar refractivity (Wildman–Crippen MR) is 128 cm³/mol. The monoisotopic (exact) mass is 464 g/mol. The number of hydrogen-bond donors (Lipinski definition) is 0. The number of furan rings is 1. The number of hydrogen-bond acceptors (Lipinski definition) is 6. The number of anilines is 1. The van der Waals surface area contributed by atoms with E-state index >= 15 is 0 Å². The van der Waals surface area contributed by atoms with Crippen LogP contribution in [-0.4, -0.2) is 38.2 Å². The second-order valence-electron chi connectivity index (χ2n) is 8.83. The summed E-state index contributed by atoms with van der Waals surface area (Å²) >= 11 is 1.46. The minimum Gasteiger partial charge on any atom is -0.461 e. The summed E-state index contributed by atoms with van der Waals surface area (Å²) in [6, 6.07) is 9.75. The van der Waals surface area contributed by atoms with Crippen molar-refractivity contribution < 1.29 is 14.0 Å². The van der Waals surface area contributed by atoms with E-state index in [0.29, 0.717) is 23.9 Å². The lowest BCUT2D eigenvalue weighted by atomic mass is 9.95. The maximum Gasteiger partial charge on any atom is 0.223 e. The van der Waals surface area contributed by atoms with Crippen LogP contribution in [0.2, 0.25) is 0 Å². The summed E-state index contributed by atoms with van der Waals surface area (Å²) < 4.78 is 7.81. The standard InChI is InChI=1S/C25H28N4O3S/c1-16(23(31)19-10-11-21-18(15-19)12-13-28(21)17(2)30)33-25-27-26-24(22-9-6-14-32-22)29(25)20-7-4-3-5-8-20/h6,9-11,14-16,20H,3-5,7-8,12-13H2,1-2H3. The van der Waals surface area contributed by atoms with Crippen molar-refractivity contribution in [2.24, 2.45) is 0 Å². The maximum atomic E-state index is 13.3. The Labute approximate surface area is 197 Å². The van der Waals surface area contributed by atoms with Gasteiger partial charge in [0, 0.05) is 30.8 Å². The lowest BCUT2D eigenvalue weighted by Crippen LogP contribution is -2.25. The van der Waals surface area contributed by atoms with Crippen LogP contribution in [-0.2, 0) is 11.2 Å². The third-order valence-corrected chi connectivity index (χ3v) is 7.69. The number of carbonyl (C=O) groups excluding carboxylic acids is 2. The number of nitrogens with zero attached hydrogens (tertiary/aromatic N) is 4. The van der Waals surface area contributed by atoms with E-state index in [1.807, 2.05) is 37.3 Å². The van der Waals surface area contributed by atoms with Crippen molar-refractivity contribution in [3.05, 3.63) is 47.7 Å². The molecule has 0 radical (unpaired) electrons. The minimum atomic E-state index is -0.315. The molecule has 1 unspecified atom stereocenters. The lowest BCUT2D eigenvalue weighted by Gasteiger charge is -2.25. The molecule has 5 rings (SSSR count). The number of thioether (sulfide) groups is 1. The molecule has 8 heteroatoms. The van der Waals surface area contributed by atoms with Gasteiger partial charge < -0.3 is 9.32 Å². The molecular weight excluding hydrogens is 436 g/mol. The fraction of sp³-hybridized carbons (Fsp3) is 0.440. The Morgan fingerprint density at radius 2 is 1.97 bits per heavy atom. The molecule has 1 aliphatic heterocycles. The van der Waals surface area contributed by atoms with Crippen LogP contribution in [0.3, 0.4) is 0 Å². The molecule has 172 valence electrons. The van der Waals surface area contributed by atoms with E-state index in [1.54, 1.807) is 18.1 Å². The lowest BCUT2D eigenvalue weighted by molar-refractivity contribution is -0.116. The number of fused-ring (bicyclic) bond motifs is 1. The highest BCUT2D eigenvalue weighted by atomic mass is 32.2. The molecule has 0 spiro atoms. The molecule has 0 saturated heterocycles. The topological polar surface area (TPSA) is 81.2 Å². The van der Waals surface area contributed by atoms with Crippen LogP contribution in [0, 0.1) is 0 Å². The van der Waals surface area contributed by atoms with Gasteiger partial charge in [-0.25, -0.2) is 0 Å². The summed E-state index contributed by atoms with van der Waals surface area (Å²) in [4.78, 5) is 26.9. The van der Waals surface area contributed by atoms with Crippen molar-refractivity contribution in [2.75, 3.05) is 11.4 Å². The second-order valence-corrected chi connectivity index (χ2v) is 10.1. The van der Waals surface area contributed by atoms with Gasteiger partial charge in [0.25, 0.3) is 0 Å². The second kappa shape index (κ2) is 9.17. The van der Waals surface area contributed by atoms with Crippen molar-refractivity contribution in [1.29, 1.82) is 0 Å². The number of aromatic nitrogens is 3. The average molecular weight is 465 g/mol. The summed E-state index contributed by atoms with van der Waals surface area (Å²) in [6.07, 6.45) is 8.22. The van der Waals surface area contributed by atoms with Gasteiger partial charge in [-0.2, -0.15) is 0 Å². The van der Waals surface area contributed by atoms with Crippen LogP contribution in [0.25, 0.3) is 11.6 Å². The van der Waals surface area contributed by atoms with Crippen LogP contribution in [0.1, 0.15) is 67.9 Å². The van der Waals surface area contributed by atoms with E-state index in [-0.39, 0.29) is 16.9 Å². The number of rotatable bonds is 6. The molecule has 1 saturated carbocycles. The van der Waals surface area contributed by atoms with Crippen molar-refractivity contribution >= 4 is 29.1 Å². The molecule has 1 fully saturated rings. The van der Waals surface area contributed by atoms with Crippen LogP contribution in [0.4, 0.5) is 5.69 Å². The molecule has 1 amide bonds. The minimum absolute atomic E-state index is 0.0335. The van der Waals surface area contributed by atoms with Crippen LogP contribution in [0.15, 0.2) is 46.2 Å². The Kier molecular flexibility index (Phi) is 6.10. The summed E-state index contributed by atoms with van der Waals surface area (Å²) in [7, 11) is 0. The van der Waals surface area contributed by atoms with E-state index in [4.69, 9.17) is 4.42 Å². The smallest absolute Gasteiger partial charge is 0.223 e. The highest BCUT2D eigenvalue weighted by molar-refractivity contribution is 8.00. The van der Waals surface area contributed by atoms with Crippen molar-refractivity contribution in [2.45, 2.75) is 68.8 Å². The molecule has 0 N–H and O–H groups in total. The van der Waals surface area contributed by atoms with E-state index in [1.165, 1.54) is 31.0 Å². The summed E-state index contributed by atoms with van der Waals surface area (Å²) in [5, 5.41) is 9.36. The predicted octanol–water partition coefficient (Wildman–Crippen LogP) is 5.32. The largest absolute Gasteiger partial charge is 0.461 e. The van der Waals surface area contributed by atoms with Gasteiger partial charge in [-0.15, -0.1) is 10.2 Å². The molecule has 3 heterocycles. The third-order valence-electron chi connectivity index (χ3n) is 6.64. The van der Waals surface area contributed by atoms with Gasteiger partial charge >= 0.3 is 0 Å². The molecular formula is C25H28N4O3S. The van der Waals surface area contributed by atoms with E-state index < -0.39 is 0 Å². The first-order valence-electron chi connectivity index (χ1n) is 11.6. The normalized spacial score (nSPS) is 17.2. The highest BCUT2D eigenvalue weighted by Crippen LogP contribution is 2.37. The fourth-order valence-corrected chi connectivity index (χ4v) is 5.92. The molecule has 1 aromatic carbocycles. The Morgan fingerprint density at radius 3 is 2.70 bits per heavy atom. The van der Waals surface area contributed by atoms with Crippen LogP contribution >= 0.6 is 11.8 Å². The zero-order chi connectivity index (χ0) is 22.9. The van der Waals surface area contributed by atoms with Gasteiger partial charge in [0.2, 0.25) is 11.7 Å². The first kappa shape index (κ1) is 21.9. The molecule has 0 bridgehead atoms. The van der Waals surface area contributed by atoms with E-state index in [0.717, 1.165) is 41.5 Å². The molecule has 1 aliphatic carbocycles. The maximum absolute atomic E-state index is 13.3. The summed E-state index contributed by atoms with van der Waals surface area (Å²) in [6.45, 7) is 4.17. The SMILES string of the molecule is CC(=O)N1CCc2cc(C(=O)C(C)Sc3nnc(-c4ccco4)n3C3CCCCC3)ccc21. The molecule has 1 atom stereocenters. The van der Waals surface area contributed by atoms with Crippen molar-refractivity contribution in [3.63, 3.8) is 0 Å². The average Bonchev–Trinajstić information content (AvgIpc) is 3.57. The van der Waals surface area contributed by atoms with Gasteiger partial charge in [-0.3, -0.25) is 14.2 Å². The van der Waals surface area contributed by atoms with Gasteiger partial charge in [0.1, 0.15) is 0 Å². The zero-order valence-electron chi connectivity index (χ0n) is 19.0. The van der Waals surface area contributed by atoms with E-state index in [9.17, 15) is 9.59 Å². The summed E-state index contributed by atoms with van der Waals surface area (Å²) in [5.41, 5.74) is 2.65. The van der Waals surface area contributed by atoms with Gasteiger partial charge in [-0.05, 0) is 62.1 Å². The number of Topliss-reactive ketones (excluding diaryl/α,β-unsaturated/α-hetero) is 1. The fourth-order valence-electron chi connectivity index (χ4n) is 4.93. The quantitative estimate of drug-likeness (QED) is 0.363. The number of carbonyl (C=O) groups is 2. The van der Waals surface area contributed by atoms with Gasteiger partial charge in [0.05, 0.1) is 11.5 Å². The Bertz CT molecular complexity index is 1160. The highest BCUT2D eigenvalue weighted by Gasteiger charge is 2.29. The van der Waals surface area contributed by atoms with Gasteiger partial charge in [-0.1, -0.05) is 31.0 Å². The Morgan fingerprint density at radius 1 is 1.15 bits per heavy atom. The number of amides is 1.